The molecule has 0 amide bonds. The van der Waals surface area contributed by atoms with Crippen LogP contribution in [0.5, 0.6) is 0 Å². The summed E-state index contributed by atoms with van der Waals surface area (Å²) in [6.07, 6.45) is 13.8. The van der Waals surface area contributed by atoms with Gasteiger partial charge in [0.15, 0.2) is 0 Å². The minimum atomic E-state index is 0.299. The first-order chi connectivity index (χ1) is 9.65. The van der Waals surface area contributed by atoms with Gasteiger partial charge in [-0.2, -0.15) is 0 Å². The van der Waals surface area contributed by atoms with Crippen LogP contribution in [0.15, 0.2) is 0 Å². The van der Waals surface area contributed by atoms with Gasteiger partial charge in [-0.15, -0.1) is 0 Å². The topological polar surface area (TPSA) is 21.3 Å². The Morgan fingerprint density at radius 2 is 1.90 bits per heavy atom. The lowest BCUT2D eigenvalue weighted by molar-refractivity contribution is -0.0668. The van der Waals surface area contributed by atoms with Crippen molar-refractivity contribution in [3.05, 3.63) is 0 Å². The van der Waals surface area contributed by atoms with Gasteiger partial charge < -0.3 is 10.1 Å². The molecular formula is C18H35NO. The molecule has 2 nitrogen and oxygen atoms in total. The van der Waals surface area contributed by atoms with E-state index in [1.54, 1.807) is 0 Å². The van der Waals surface area contributed by atoms with Crippen LogP contribution < -0.4 is 5.32 Å². The quantitative estimate of drug-likeness (QED) is 0.732. The third-order valence-electron chi connectivity index (χ3n) is 5.36. The highest BCUT2D eigenvalue weighted by Crippen LogP contribution is 2.42. The minimum absolute atomic E-state index is 0.299. The summed E-state index contributed by atoms with van der Waals surface area (Å²) in [5, 5.41) is 3.71. The largest absolute Gasteiger partial charge is 0.372 e. The van der Waals surface area contributed by atoms with Crippen molar-refractivity contribution in [3.8, 4) is 0 Å². The van der Waals surface area contributed by atoms with Crippen LogP contribution in [0.2, 0.25) is 0 Å². The van der Waals surface area contributed by atoms with Crippen LogP contribution in [0.4, 0.5) is 0 Å². The van der Waals surface area contributed by atoms with E-state index in [9.17, 15) is 0 Å². The van der Waals surface area contributed by atoms with Crippen molar-refractivity contribution in [2.24, 2.45) is 5.92 Å². The van der Waals surface area contributed by atoms with Gasteiger partial charge in [-0.25, -0.2) is 0 Å². The summed E-state index contributed by atoms with van der Waals surface area (Å²) in [6, 6.07) is 0.668. The predicted octanol–water partition coefficient (Wildman–Crippen LogP) is 4.67. The molecule has 2 heteroatoms. The lowest BCUT2D eigenvalue weighted by atomic mass is 9.83. The number of rotatable bonds is 7. The van der Waals surface area contributed by atoms with Gasteiger partial charge in [0.2, 0.25) is 0 Å². The van der Waals surface area contributed by atoms with Crippen molar-refractivity contribution in [2.45, 2.75) is 103 Å². The van der Waals surface area contributed by atoms with E-state index in [1.807, 2.05) is 0 Å². The second-order valence-corrected chi connectivity index (χ2v) is 7.40. The fraction of sp³-hybridized carbons (Fsp3) is 1.00. The molecule has 0 radical (unpaired) electrons. The first kappa shape index (κ1) is 16.3. The molecule has 20 heavy (non-hydrogen) atoms. The molecule has 0 aromatic heterocycles. The van der Waals surface area contributed by atoms with Gasteiger partial charge in [0.25, 0.3) is 0 Å². The van der Waals surface area contributed by atoms with E-state index in [0.717, 1.165) is 12.5 Å². The van der Waals surface area contributed by atoms with Crippen LogP contribution in [0.1, 0.15) is 85.0 Å². The number of hydrogen-bond acceptors (Lipinski definition) is 2. The Balaban J connectivity index is 1.73. The molecule has 1 N–H and O–H groups in total. The molecule has 1 aliphatic heterocycles. The summed E-state index contributed by atoms with van der Waals surface area (Å²) >= 11 is 0. The zero-order chi connectivity index (χ0) is 14.4. The van der Waals surface area contributed by atoms with E-state index < -0.39 is 0 Å². The SMILES string of the molecule is CCCNC(CCC1CCC2(CCCCC2)O1)C(C)C. The lowest BCUT2D eigenvalue weighted by Gasteiger charge is -2.33. The summed E-state index contributed by atoms with van der Waals surface area (Å²) in [7, 11) is 0. The van der Waals surface area contributed by atoms with Crippen molar-refractivity contribution >= 4 is 0 Å². The van der Waals surface area contributed by atoms with Crippen LogP contribution in [0, 0.1) is 5.92 Å². The highest BCUT2D eigenvalue weighted by molar-refractivity contribution is 4.91. The van der Waals surface area contributed by atoms with Gasteiger partial charge in [0.1, 0.15) is 0 Å². The van der Waals surface area contributed by atoms with Gasteiger partial charge in [-0.3, -0.25) is 0 Å². The Hall–Kier alpha value is -0.0800. The summed E-state index contributed by atoms with van der Waals surface area (Å²) in [6.45, 7) is 8.08. The number of ether oxygens (including phenoxy) is 1. The van der Waals surface area contributed by atoms with E-state index in [2.05, 4.69) is 26.1 Å². The summed E-state index contributed by atoms with van der Waals surface area (Å²) in [5.41, 5.74) is 0.299. The average Bonchev–Trinajstić information content (AvgIpc) is 2.82. The van der Waals surface area contributed by atoms with E-state index in [4.69, 9.17) is 4.74 Å². The van der Waals surface area contributed by atoms with Gasteiger partial charge in [0.05, 0.1) is 11.7 Å². The maximum absolute atomic E-state index is 6.50. The van der Waals surface area contributed by atoms with E-state index >= 15 is 0 Å². The first-order valence-corrected chi connectivity index (χ1v) is 9.06. The first-order valence-electron chi connectivity index (χ1n) is 9.06. The van der Waals surface area contributed by atoms with Crippen molar-refractivity contribution in [1.29, 1.82) is 0 Å². The zero-order valence-electron chi connectivity index (χ0n) is 13.9. The third-order valence-corrected chi connectivity index (χ3v) is 5.36. The molecule has 2 fully saturated rings. The Morgan fingerprint density at radius 1 is 1.15 bits per heavy atom. The molecule has 0 aromatic carbocycles. The molecular weight excluding hydrogens is 246 g/mol. The summed E-state index contributed by atoms with van der Waals surface area (Å²) in [5.74, 6) is 0.728. The standard InChI is InChI=1S/C18H35NO/c1-4-14-19-17(15(2)3)9-8-16-10-13-18(20-16)11-6-5-7-12-18/h15-17,19H,4-14H2,1-3H3. The van der Waals surface area contributed by atoms with E-state index in [0.29, 0.717) is 17.7 Å². The van der Waals surface area contributed by atoms with Gasteiger partial charge in [-0.1, -0.05) is 40.0 Å². The summed E-state index contributed by atoms with van der Waals surface area (Å²) < 4.78 is 6.50. The van der Waals surface area contributed by atoms with Crippen molar-refractivity contribution < 1.29 is 4.74 Å². The summed E-state index contributed by atoms with van der Waals surface area (Å²) in [4.78, 5) is 0. The molecule has 1 aliphatic carbocycles. The zero-order valence-corrected chi connectivity index (χ0v) is 13.9. The fourth-order valence-electron chi connectivity index (χ4n) is 4.03. The maximum atomic E-state index is 6.50. The predicted molar refractivity (Wildman–Crippen MR) is 86.1 cm³/mol. The highest BCUT2D eigenvalue weighted by Gasteiger charge is 2.40. The highest BCUT2D eigenvalue weighted by atomic mass is 16.5. The lowest BCUT2D eigenvalue weighted by Crippen LogP contribution is -2.36. The minimum Gasteiger partial charge on any atom is -0.372 e. The average molecular weight is 281 g/mol. The molecule has 2 aliphatic rings. The molecule has 2 unspecified atom stereocenters. The second kappa shape index (κ2) is 7.79. The molecule has 1 saturated carbocycles. The Kier molecular flexibility index (Phi) is 6.35. The Labute approximate surface area is 126 Å². The third kappa shape index (κ3) is 4.46. The number of nitrogens with one attached hydrogen (secondary N) is 1. The second-order valence-electron chi connectivity index (χ2n) is 7.40. The molecule has 2 atom stereocenters. The van der Waals surface area contributed by atoms with E-state index in [-0.39, 0.29) is 0 Å². The van der Waals surface area contributed by atoms with E-state index in [1.165, 1.54) is 64.2 Å². The number of hydrogen-bond donors (Lipinski definition) is 1. The van der Waals surface area contributed by atoms with Crippen molar-refractivity contribution in [2.75, 3.05) is 6.54 Å². The van der Waals surface area contributed by atoms with Crippen LogP contribution in [0.25, 0.3) is 0 Å². The van der Waals surface area contributed by atoms with Gasteiger partial charge in [0, 0.05) is 6.04 Å². The smallest absolute Gasteiger partial charge is 0.0687 e. The molecule has 1 heterocycles. The molecule has 1 spiro atoms. The van der Waals surface area contributed by atoms with Gasteiger partial charge in [-0.05, 0) is 57.4 Å². The van der Waals surface area contributed by atoms with Crippen LogP contribution in [-0.4, -0.2) is 24.3 Å². The van der Waals surface area contributed by atoms with Crippen LogP contribution >= 0.6 is 0 Å². The van der Waals surface area contributed by atoms with Gasteiger partial charge >= 0.3 is 0 Å². The molecule has 0 aromatic rings. The Morgan fingerprint density at radius 3 is 2.55 bits per heavy atom. The van der Waals surface area contributed by atoms with Crippen LogP contribution in [-0.2, 0) is 4.74 Å². The molecule has 0 bridgehead atoms. The van der Waals surface area contributed by atoms with Crippen molar-refractivity contribution in [3.63, 3.8) is 0 Å². The molecule has 2 rings (SSSR count). The molecule has 1 saturated heterocycles. The normalized spacial score (nSPS) is 27.3. The Bertz CT molecular complexity index is 271. The maximum Gasteiger partial charge on any atom is 0.0687 e. The van der Waals surface area contributed by atoms with Crippen molar-refractivity contribution in [1.82, 2.24) is 5.32 Å². The molecule has 118 valence electrons. The fourth-order valence-corrected chi connectivity index (χ4v) is 4.03. The van der Waals surface area contributed by atoms with Crippen LogP contribution in [0.3, 0.4) is 0 Å². The monoisotopic (exact) mass is 281 g/mol.